The Kier molecular flexibility index (Phi) is 13.1. The minimum absolute atomic E-state index is 0.0583. The summed E-state index contributed by atoms with van der Waals surface area (Å²) in [7, 11) is -2.19. The second kappa shape index (κ2) is 17.7. The second-order valence-electron chi connectivity index (χ2n) is 15.9. The summed E-state index contributed by atoms with van der Waals surface area (Å²) in [5.74, 6) is -0.00858. The average Bonchev–Trinajstić information content (AvgIpc) is 3.74. The van der Waals surface area contributed by atoms with Gasteiger partial charge in [-0.3, -0.25) is 4.57 Å². The first kappa shape index (κ1) is 42.3. The summed E-state index contributed by atoms with van der Waals surface area (Å²) in [6, 6.07) is 18.5. The van der Waals surface area contributed by atoms with Gasteiger partial charge >= 0.3 is 23.2 Å². The number of nitrogens with zero attached hydrogens (tertiary/aromatic N) is 7. The number of ether oxygens (including phenoxy) is 3. The number of hydrogen-bond donors (Lipinski definition) is 0. The lowest BCUT2D eigenvalue weighted by Gasteiger charge is -2.51. The zero-order valence-corrected chi connectivity index (χ0v) is 36.7. The summed E-state index contributed by atoms with van der Waals surface area (Å²) in [5.41, 5.74) is 2.34. The van der Waals surface area contributed by atoms with Gasteiger partial charge in [0.2, 0.25) is 0 Å². The molecule has 0 bridgehead atoms. The topological polar surface area (TPSA) is 135 Å². The molecule has 306 valence electrons. The van der Waals surface area contributed by atoms with E-state index in [1.54, 1.807) is 28.2 Å². The average molecular weight is 816 g/mol. The van der Waals surface area contributed by atoms with Crippen molar-refractivity contribution in [3.8, 4) is 5.88 Å². The lowest BCUT2D eigenvalue weighted by molar-refractivity contribution is -0.0642. The molecule has 2 aliphatic rings. The van der Waals surface area contributed by atoms with Crippen LogP contribution in [-0.4, -0.2) is 99.6 Å². The first-order valence-corrected chi connectivity index (χ1v) is 23.6. The Balaban J connectivity index is 1.46. The van der Waals surface area contributed by atoms with Gasteiger partial charge in [-0.25, -0.2) is 19.7 Å². The maximum absolute atomic E-state index is 14.2. The van der Waals surface area contributed by atoms with E-state index in [9.17, 15) is 4.79 Å². The highest BCUT2D eigenvalue weighted by molar-refractivity contribution is 6.84. The zero-order valence-electron chi connectivity index (χ0n) is 34.7. The van der Waals surface area contributed by atoms with Crippen LogP contribution in [0.5, 0.6) is 5.88 Å². The van der Waals surface area contributed by atoms with Crippen LogP contribution in [0.15, 0.2) is 84.6 Å². The third-order valence-corrected chi connectivity index (χ3v) is 20.7. The van der Waals surface area contributed by atoms with E-state index in [-0.39, 0.29) is 52.7 Å². The Bertz CT molecular complexity index is 1960. The quantitative estimate of drug-likeness (QED) is 0.0555. The highest BCUT2D eigenvalue weighted by Gasteiger charge is 2.62. The number of carbonyl (C=O) groups excluding carboxylic acids is 1. The molecule has 0 unspecified atom stereocenters. The Hall–Kier alpha value is -4.30. The molecule has 2 saturated heterocycles. The predicted molar refractivity (Wildman–Crippen MR) is 226 cm³/mol. The monoisotopic (exact) mass is 815 g/mol. The number of aliphatic imine (C=N–C) groups is 1. The highest BCUT2D eigenvalue weighted by Crippen LogP contribution is 2.49. The van der Waals surface area contributed by atoms with Gasteiger partial charge in [0, 0.05) is 14.1 Å². The summed E-state index contributed by atoms with van der Waals surface area (Å²) in [5, 5.41) is 0. The molecular formula is C41H57N7O7Si2. The third-order valence-electron chi connectivity index (χ3n) is 10.5. The van der Waals surface area contributed by atoms with Crippen LogP contribution in [0, 0.1) is 0 Å². The minimum atomic E-state index is -3.03. The maximum atomic E-state index is 14.2. The van der Waals surface area contributed by atoms with E-state index >= 15 is 0 Å². The SMILES string of the molecule is C=CCO[C@@H]1[C@@H]2O[Si](C(C)C)(C(C)C)O[Si](C(C)C)(C(C)C)OC[C@H]2O[C@H]1n1cnc2c(OC(=O)N(c3ccccc3)c3ccccc3)nc(N=CN(C)C)nc21. The largest absolute Gasteiger partial charge is 0.425 e. The van der Waals surface area contributed by atoms with Crippen molar-refractivity contribution in [2.24, 2.45) is 4.99 Å². The summed E-state index contributed by atoms with van der Waals surface area (Å²) in [4.78, 5) is 36.1. The molecule has 57 heavy (non-hydrogen) atoms. The highest BCUT2D eigenvalue weighted by atomic mass is 28.5. The fourth-order valence-corrected chi connectivity index (χ4v) is 18.9. The van der Waals surface area contributed by atoms with Crippen LogP contribution in [0.2, 0.25) is 22.2 Å². The number of hydrogen-bond acceptors (Lipinski definition) is 11. The first-order chi connectivity index (χ1) is 27.2. The standard InChI is InChI=1S/C41H57N7O7Si2/c1-12-23-50-36-35-33(24-51-56(27(2)3,28(4)5)55-57(54-35,29(6)7)30(8)9)52-39(36)47-26-42-34-37(47)44-40(43-25-46(10)11)45-38(34)53-41(49)48(31-19-15-13-16-20-31)32-21-17-14-18-22-32/h12-22,25-30,33,35-36,39H,1,23-24H2,2-11H3/t33-,35-,36-,39-/m1/s1. The van der Waals surface area contributed by atoms with Crippen LogP contribution < -0.4 is 9.64 Å². The van der Waals surface area contributed by atoms with Gasteiger partial charge in [-0.15, -0.1) is 6.58 Å². The Morgan fingerprint density at radius 2 is 1.53 bits per heavy atom. The normalized spacial score (nSPS) is 21.9. The van der Waals surface area contributed by atoms with Crippen LogP contribution >= 0.6 is 0 Å². The van der Waals surface area contributed by atoms with Crippen LogP contribution in [0.25, 0.3) is 11.2 Å². The van der Waals surface area contributed by atoms with E-state index in [2.05, 4.69) is 71.9 Å². The van der Waals surface area contributed by atoms with Crippen LogP contribution in [0.3, 0.4) is 0 Å². The number of para-hydroxylation sites is 2. The molecule has 2 fully saturated rings. The summed E-state index contributed by atoms with van der Waals surface area (Å²) < 4.78 is 43.4. The predicted octanol–water partition coefficient (Wildman–Crippen LogP) is 8.81. The van der Waals surface area contributed by atoms with E-state index in [1.807, 2.05) is 74.8 Å². The van der Waals surface area contributed by atoms with Gasteiger partial charge in [0.15, 0.2) is 17.4 Å². The van der Waals surface area contributed by atoms with Crippen molar-refractivity contribution in [2.75, 3.05) is 32.2 Å². The van der Waals surface area contributed by atoms with Crippen LogP contribution in [0.4, 0.5) is 22.1 Å². The number of fused-ring (bicyclic) bond motifs is 2. The number of benzene rings is 2. The molecule has 0 aliphatic carbocycles. The Morgan fingerprint density at radius 3 is 2.07 bits per heavy atom. The molecule has 4 atom stereocenters. The van der Waals surface area contributed by atoms with E-state index < -0.39 is 47.8 Å². The molecule has 0 N–H and O–H groups in total. The van der Waals surface area contributed by atoms with Gasteiger partial charge in [-0.2, -0.15) is 9.97 Å². The number of anilines is 2. The molecule has 0 spiro atoms. The molecule has 2 aromatic carbocycles. The molecule has 4 aromatic rings. The van der Waals surface area contributed by atoms with Crippen molar-refractivity contribution >= 4 is 58.0 Å². The number of amides is 1. The minimum Gasteiger partial charge on any atom is -0.414 e. The van der Waals surface area contributed by atoms with Gasteiger partial charge in [0.1, 0.15) is 18.3 Å². The fraction of sp³-hybridized carbons (Fsp3) is 0.488. The van der Waals surface area contributed by atoms with Crippen LogP contribution in [0.1, 0.15) is 61.6 Å². The van der Waals surface area contributed by atoms with Gasteiger partial charge < -0.3 is 32.1 Å². The number of rotatable bonds is 13. The molecule has 2 aromatic heterocycles. The first-order valence-electron chi connectivity index (χ1n) is 19.7. The molecular weight excluding hydrogens is 759 g/mol. The lowest BCUT2D eigenvalue weighted by Crippen LogP contribution is -2.66. The van der Waals surface area contributed by atoms with Gasteiger partial charge in [-0.1, -0.05) is 97.9 Å². The number of imidazole rings is 1. The fourth-order valence-electron chi connectivity index (χ4n) is 7.71. The van der Waals surface area contributed by atoms with Gasteiger partial charge in [0.25, 0.3) is 11.8 Å². The van der Waals surface area contributed by atoms with Crippen molar-refractivity contribution in [1.29, 1.82) is 0 Å². The molecule has 0 saturated carbocycles. The van der Waals surface area contributed by atoms with Crippen LogP contribution in [-0.2, 0) is 22.4 Å². The molecule has 0 radical (unpaired) electrons. The Labute approximate surface area is 338 Å². The molecule has 16 heteroatoms. The van der Waals surface area contributed by atoms with E-state index in [4.69, 9.17) is 37.1 Å². The smallest absolute Gasteiger partial charge is 0.414 e. The summed E-state index contributed by atoms with van der Waals surface area (Å²) >= 11 is 0. The molecule has 1 amide bonds. The molecule has 2 aliphatic heterocycles. The number of aromatic nitrogens is 4. The van der Waals surface area contributed by atoms with Gasteiger partial charge in [0.05, 0.1) is 37.3 Å². The van der Waals surface area contributed by atoms with E-state index in [1.165, 1.54) is 4.90 Å². The Morgan fingerprint density at radius 1 is 0.930 bits per heavy atom. The molecule has 4 heterocycles. The second-order valence-corrected chi connectivity index (χ2v) is 24.8. The van der Waals surface area contributed by atoms with Crippen molar-refractivity contribution in [3.05, 3.63) is 79.6 Å². The molecule has 6 rings (SSSR count). The summed E-state index contributed by atoms with van der Waals surface area (Å²) in [6.45, 7) is 21.9. The van der Waals surface area contributed by atoms with Crippen molar-refractivity contribution in [3.63, 3.8) is 0 Å². The van der Waals surface area contributed by atoms with Gasteiger partial charge in [-0.05, 0) is 46.4 Å². The maximum Gasteiger partial charge on any atom is 0.425 e. The lowest BCUT2D eigenvalue weighted by atomic mass is 10.1. The van der Waals surface area contributed by atoms with Crippen molar-refractivity contribution < 1.29 is 32.0 Å². The van der Waals surface area contributed by atoms with E-state index in [0.29, 0.717) is 17.0 Å². The van der Waals surface area contributed by atoms with Crippen molar-refractivity contribution in [2.45, 2.75) is 102 Å². The van der Waals surface area contributed by atoms with E-state index in [0.717, 1.165) is 0 Å². The number of carbonyl (C=O) groups is 1. The third kappa shape index (κ3) is 8.48. The summed E-state index contributed by atoms with van der Waals surface area (Å²) in [6.07, 6.45) is 1.72. The van der Waals surface area contributed by atoms with Crippen molar-refractivity contribution in [1.82, 2.24) is 24.4 Å². The zero-order chi connectivity index (χ0) is 41.1. The molecule has 14 nitrogen and oxygen atoms in total.